The van der Waals surface area contributed by atoms with Gasteiger partial charge in [0.25, 0.3) is 0 Å². The van der Waals surface area contributed by atoms with Crippen LogP contribution in [0.5, 0.6) is 5.75 Å². The molecule has 0 radical (unpaired) electrons. The number of primary amides is 1. The van der Waals surface area contributed by atoms with E-state index in [1.807, 2.05) is 4.90 Å². The van der Waals surface area contributed by atoms with Crippen molar-refractivity contribution in [3.05, 3.63) is 40.4 Å². The van der Waals surface area contributed by atoms with Crippen LogP contribution in [0.1, 0.15) is 34.3 Å². The van der Waals surface area contributed by atoms with Crippen molar-refractivity contribution < 1.29 is 34.2 Å². The Morgan fingerprint density at radius 3 is 2.59 bits per heavy atom. The predicted molar refractivity (Wildman–Crippen MR) is 120 cm³/mol. The maximum Gasteiger partial charge on any atom is 0.235 e. The Kier molecular flexibility index (Phi) is 6.00. The fourth-order valence-corrected chi connectivity index (χ4v) is 6.04. The standard InChI is InChI=1S/C24H25ClN2O7/c1-3-4-27(2)9-11-7-14(25)13-6-10-5-12-8-15(28)18(23(26)33)22(32)24(12,34)21(31)16(10)20(30)17(13)19(11)29/h3,7,10,12,16,18,29,34H,1,4-6,8-9H2,2H3,(H2,26,33)/t10-,12+,16?,18?,24+/m1/s1. The SMILES string of the molecule is C=CCN(C)Cc1cc(Cl)c2c(c1O)C(=O)C1C(=O)[C@]3(O)C(=O)C(C(N)=O)C(=O)C[C@@H]3C[C@@H]1C2. The molecule has 180 valence electrons. The third kappa shape index (κ3) is 3.41. The van der Waals surface area contributed by atoms with Crippen LogP contribution in [0.15, 0.2) is 18.7 Å². The number of ketones is 4. The minimum atomic E-state index is -2.66. The van der Waals surface area contributed by atoms with E-state index < -0.39 is 58.3 Å². The first-order valence-electron chi connectivity index (χ1n) is 10.9. The molecule has 2 saturated carbocycles. The average Bonchev–Trinajstić information content (AvgIpc) is 2.74. The van der Waals surface area contributed by atoms with E-state index in [4.69, 9.17) is 17.3 Å². The zero-order valence-corrected chi connectivity index (χ0v) is 19.3. The van der Waals surface area contributed by atoms with Crippen LogP contribution >= 0.6 is 11.6 Å². The van der Waals surface area contributed by atoms with E-state index in [0.717, 1.165) is 0 Å². The summed E-state index contributed by atoms with van der Waals surface area (Å²) >= 11 is 6.48. The van der Waals surface area contributed by atoms with Crippen LogP contribution in [0.2, 0.25) is 5.02 Å². The average molecular weight is 489 g/mol. The summed E-state index contributed by atoms with van der Waals surface area (Å²) in [6, 6.07) is 1.58. The first kappa shape index (κ1) is 24.3. The lowest BCUT2D eigenvalue weighted by molar-refractivity contribution is -0.175. The monoisotopic (exact) mass is 488 g/mol. The Hall–Kier alpha value is -2.88. The molecule has 2 unspecified atom stereocenters. The van der Waals surface area contributed by atoms with Crippen LogP contribution in [0.3, 0.4) is 0 Å². The minimum Gasteiger partial charge on any atom is -0.507 e. The van der Waals surface area contributed by atoms with Crippen molar-refractivity contribution in [2.24, 2.45) is 29.4 Å². The fourth-order valence-electron chi connectivity index (χ4n) is 5.74. The Balaban J connectivity index is 1.77. The molecular weight excluding hydrogens is 464 g/mol. The third-order valence-electron chi connectivity index (χ3n) is 7.31. The van der Waals surface area contributed by atoms with Gasteiger partial charge in [0, 0.05) is 36.0 Å². The molecule has 10 heteroatoms. The van der Waals surface area contributed by atoms with E-state index in [0.29, 0.717) is 17.7 Å². The second-order valence-electron chi connectivity index (χ2n) is 9.44. The van der Waals surface area contributed by atoms with E-state index >= 15 is 0 Å². The van der Waals surface area contributed by atoms with Gasteiger partial charge in [0.05, 0.1) is 11.5 Å². The molecule has 3 aliphatic carbocycles. The molecule has 2 fully saturated rings. The molecule has 1 aromatic rings. The van der Waals surface area contributed by atoms with Gasteiger partial charge in [-0.3, -0.25) is 28.9 Å². The number of phenolic OH excluding ortho intramolecular Hbond substituents is 1. The molecule has 0 saturated heterocycles. The van der Waals surface area contributed by atoms with Crippen LogP contribution in [-0.4, -0.2) is 63.3 Å². The second-order valence-corrected chi connectivity index (χ2v) is 9.85. The van der Waals surface area contributed by atoms with E-state index in [1.54, 1.807) is 19.2 Å². The number of nitrogens with zero attached hydrogens (tertiary/aromatic N) is 1. The molecule has 0 aromatic heterocycles. The largest absolute Gasteiger partial charge is 0.507 e. The van der Waals surface area contributed by atoms with Crippen molar-refractivity contribution >= 4 is 40.6 Å². The van der Waals surface area contributed by atoms with E-state index in [9.17, 15) is 34.2 Å². The summed E-state index contributed by atoms with van der Waals surface area (Å²) in [5, 5.41) is 22.4. The molecule has 0 spiro atoms. The first-order chi connectivity index (χ1) is 15.9. The number of aliphatic hydroxyl groups is 1. The van der Waals surface area contributed by atoms with Gasteiger partial charge in [-0.2, -0.15) is 0 Å². The number of hydrogen-bond acceptors (Lipinski definition) is 8. The Morgan fingerprint density at radius 1 is 1.29 bits per heavy atom. The van der Waals surface area contributed by atoms with Crippen molar-refractivity contribution in [1.82, 2.24) is 4.90 Å². The predicted octanol–water partition coefficient (Wildman–Crippen LogP) is 0.598. The number of carbonyl (C=O) groups is 5. The number of benzene rings is 1. The Labute approximate surface area is 200 Å². The third-order valence-corrected chi connectivity index (χ3v) is 7.64. The van der Waals surface area contributed by atoms with Gasteiger partial charge in [-0.25, -0.2) is 0 Å². The minimum absolute atomic E-state index is 0.0297. The first-order valence-corrected chi connectivity index (χ1v) is 11.3. The smallest absolute Gasteiger partial charge is 0.235 e. The topological polar surface area (TPSA) is 155 Å². The number of aromatic hydroxyl groups is 1. The summed E-state index contributed by atoms with van der Waals surface area (Å²) in [5.41, 5.74) is 3.19. The number of hydrogen-bond donors (Lipinski definition) is 3. The molecule has 4 N–H and O–H groups in total. The summed E-state index contributed by atoms with van der Waals surface area (Å²) in [5.74, 6) is -10.4. The maximum absolute atomic E-state index is 13.6. The van der Waals surface area contributed by atoms with Gasteiger partial charge in [-0.05, 0) is 37.4 Å². The van der Waals surface area contributed by atoms with E-state index in [1.165, 1.54) is 0 Å². The highest BCUT2D eigenvalue weighted by Gasteiger charge is 2.66. The van der Waals surface area contributed by atoms with Gasteiger partial charge in [-0.1, -0.05) is 17.7 Å². The number of fused-ring (bicyclic) bond motifs is 3. The van der Waals surface area contributed by atoms with Gasteiger partial charge in [0.2, 0.25) is 5.91 Å². The van der Waals surface area contributed by atoms with Crippen molar-refractivity contribution in [2.75, 3.05) is 13.6 Å². The zero-order chi connectivity index (χ0) is 25.1. The number of Topliss-reactive ketones (excluding diaryl/α,β-unsaturated/α-hetero) is 4. The Bertz CT molecular complexity index is 1160. The molecule has 1 aromatic carbocycles. The van der Waals surface area contributed by atoms with Gasteiger partial charge >= 0.3 is 0 Å². The zero-order valence-electron chi connectivity index (χ0n) is 18.5. The summed E-state index contributed by atoms with van der Waals surface area (Å²) in [4.78, 5) is 65.9. The number of carbonyl (C=O) groups excluding carboxylic acids is 5. The van der Waals surface area contributed by atoms with Crippen molar-refractivity contribution in [2.45, 2.75) is 31.4 Å². The van der Waals surface area contributed by atoms with Gasteiger partial charge in [0.1, 0.15) is 5.75 Å². The molecule has 1 amide bonds. The molecule has 3 aliphatic rings. The van der Waals surface area contributed by atoms with Crippen LogP contribution in [0.4, 0.5) is 0 Å². The molecule has 0 aliphatic heterocycles. The van der Waals surface area contributed by atoms with Crippen molar-refractivity contribution in [3.63, 3.8) is 0 Å². The van der Waals surface area contributed by atoms with E-state index in [2.05, 4.69) is 6.58 Å². The number of nitrogens with two attached hydrogens (primary N) is 1. The lowest BCUT2D eigenvalue weighted by Gasteiger charge is -2.48. The van der Waals surface area contributed by atoms with Crippen LogP contribution in [0.25, 0.3) is 0 Å². The van der Waals surface area contributed by atoms with Crippen molar-refractivity contribution in [1.29, 1.82) is 0 Å². The highest BCUT2D eigenvalue weighted by Crippen LogP contribution is 2.51. The Morgan fingerprint density at radius 2 is 1.97 bits per heavy atom. The molecule has 0 bridgehead atoms. The normalized spacial score (nSPS) is 30.6. The molecule has 4 rings (SSSR count). The highest BCUT2D eigenvalue weighted by atomic mass is 35.5. The van der Waals surface area contributed by atoms with Gasteiger partial charge < -0.3 is 15.9 Å². The van der Waals surface area contributed by atoms with Crippen LogP contribution in [-0.2, 0) is 32.1 Å². The summed E-state index contributed by atoms with van der Waals surface area (Å²) in [6.45, 7) is 4.43. The summed E-state index contributed by atoms with van der Waals surface area (Å²) in [6.07, 6.45) is 1.48. The highest BCUT2D eigenvalue weighted by molar-refractivity contribution is 6.34. The van der Waals surface area contributed by atoms with Crippen LogP contribution < -0.4 is 5.73 Å². The van der Waals surface area contributed by atoms with Crippen molar-refractivity contribution in [3.8, 4) is 5.75 Å². The molecule has 9 nitrogen and oxygen atoms in total. The number of likely N-dealkylation sites (N-methyl/N-ethyl adjacent to an activating group) is 1. The molecule has 0 heterocycles. The number of rotatable bonds is 5. The molecule has 5 atom stereocenters. The van der Waals surface area contributed by atoms with E-state index in [-0.39, 0.29) is 42.1 Å². The molecule has 34 heavy (non-hydrogen) atoms. The van der Waals surface area contributed by atoms with Crippen LogP contribution in [0, 0.1) is 23.7 Å². The number of amides is 1. The lowest BCUT2D eigenvalue weighted by Crippen LogP contribution is -2.68. The number of halogens is 1. The molecular formula is C24H25ClN2O7. The van der Waals surface area contributed by atoms with Gasteiger partial charge in [-0.15, -0.1) is 6.58 Å². The summed E-state index contributed by atoms with van der Waals surface area (Å²) in [7, 11) is 1.79. The van der Waals surface area contributed by atoms with Gasteiger partial charge in [0.15, 0.2) is 34.7 Å². The second kappa shape index (κ2) is 8.41. The maximum atomic E-state index is 13.6. The lowest BCUT2D eigenvalue weighted by atomic mass is 9.54. The fraction of sp³-hybridized carbons (Fsp3) is 0.458. The quantitative estimate of drug-likeness (QED) is 0.402. The number of phenols is 1. The summed E-state index contributed by atoms with van der Waals surface area (Å²) < 4.78 is 0.